The highest BCUT2D eigenvalue weighted by molar-refractivity contribution is 7.15. The molecule has 0 amide bonds. The number of aliphatic hydroxyl groups is 2. The van der Waals surface area contributed by atoms with E-state index in [0.717, 1.165) is 55.9 Å². The molecule has 31 heavy (non-hydrogen) atoms. The number of aliphatic hydroxyl groups excluding tert-OH is 2. The van der Waals surface area contributed by atoms with Crippen LogP contribution in [0.2, 0.25) is 0 Å². The minimum absolute atomic E-state index is 0.0568. The van der Waals surface area contributed by atoms with Crippen LogP contribution in [0.4, 0.5) is 0 Å². The fraction of sp³-hybridized carbons (Fsp3) is 0.591. The summed E-state index contributed by atoms with van der Waals surface area (Å²) in [4.78, 5) is 15.2. The molecule has 0 aromatic carbocycles. The second-order valence-electron chi connectivity index (χ2n) is 9.04. The number of fused-ring (bicyclic) bond motifs is 4. The zero-order chi connectivity index (χ0) is 21.1. The Morgan fingerprint density at radius 1 is 1.26 bits per heavy atom. The molecule has 2 aromatic rings. The molecule has 4 heterocycles. The molecule has 2 N–H and O–H groups in total. The van der Waals surface area contributed by atoms with Gasteiger partial charge in [-0.2, -0.15) is 4.98 Å². The van der Waals surface area contributed by atoms with E-state index in [4.69, 9.17) is 14.5 Å². The van der Waals surface area contributed by atoms with Gasteiger partial charge >= 0.3 is 0 Å². The molecule has 4 aliphatic rings. The van der Waals surface area contributed by atoms with Crippen LogP contribution in [0, 0.1) is 5.92 Å². The van der Waals surface area contributed by atoms with E-state index in [9.17, 15) is 10.2 Å². The smallest absolute Gasteiger partial charge is 0.287 e. The summed E-state index contributed by atoms with van der Waals surface area (Å²) in [6.07, 6.45) is 6.30. The quantitative estimate of drug-likeness (QED) is 0.744. The SMILES string of the molecule is CN1CCc2nc(-c3nc(C4=C5CC6CC(O)N(CCO)C6C5=CCC4)no3)sc2C1. The van der Waals surface area contributed by atoms with Gasteiger partial charge < -0.3 is 19.6 Å². The average molecular weight is 442 g/mol. The van der Waals surface area contributed by atoms with Gasteiger partial charge in [0.2, 0.25) is 0 Å². The lowest BCUT2D eigenvalue weighted by atomic mass is 9.91. The average Bonchev–Trinajstić information content (AvgIpc) is 3.51. The first-order valence-corrected chi connectivity index (χ1v) is 11.9. The van der Waals surface area contributed by atoms with Gasteiger partial charge in [-0.1, -0.05) is 11.2 Å². The molecule has 8 nitrogen and oxygen atoms in total. The predicted molar refractivity (Wildman–Crippen MR) is 116 cm³/mol. The molecule has 0 bridgehead atoms. The van der Waals surface area contributed by atoms with Gasteiger partial charge in [-0.25, -0.2) is 4.98 Å². The van der Waals surface area contributed by atoms with Crippen LogP contribution >= 0.6 is 11.3 Å². The fourth-order valence-electron chi connectivity index (χ4n) is 5.74. The Morgan fingerprint density at radius 3 is 3.03 bits per heavy atom. The monoisotopic (exact) mass is 441 g/mol. The third kappa shape index (κ3) is 3.22. The van der Waals surface area contributed by atoms with Crippen molar-refractivity contribution in [3.8, 4) is 10.9 Å². The molecular weight excluding hydrogens is 414 g/mol. The summed E-state index contributed by atoms with van der Waals surface area (Å²) in [5.74, 6) is 1.57. The molecule has 0 radical (unpaired) electrons. The highest BCUT2D eigenvalue weighted by Gasteiger charge is 2.48. The number of thiazole rings is 1. The van der Waals surface area contributed by atoms with Crippen LogP contribution in [-0.4, -0.2) is 74.2 Å². The van der Waals surface area contributed by atoms with E-state index in [-0.39, 0.29) is 12.6 Å². The third-order valence-corrected chi connectivity index (χ3v) is 8.19. The van der Waals surface area contributed by atoms with Crippen molar-refractivity contribution in [3.63, 3.8) is 0 Å². The second kappa shape index (κ2) is 7.60. The molecule has 1 saturated carbocycles. The first-order chi connectivity index (χ1) is 15.1. The lowest BCUT2D eigenvalue weighted by Crippen LogP contribution is -2.39. The Balaban J connectivity index is 1.31. The molecule has 2 aromatic heterocycles. The zero-order valence-electron chi connectivity index (χ0n) is 17.6. The third-order valence-electron chi connectivity index (χ3n) is 7.12. The van der Waals surface area contributed by atoms with Gasteiger partial charge in [0.15, 0.2) is 10.8 Å². The molecule has 164 valence electrons. The van der Waals surface area contributed by atoms with Gasteiger partial charge in [-0.05, 0) is 49.8 Å². The van der Waals surface area contributed by atoms with Gasteiger partial charge in [-0.3, -0.25) is 4.90 Å². The highest BCUT2D eigenvalue weighted by atomic mass is 32.1. The molecule has 2 fully saturated rings. The second-order valence-corrected chi connectivity index (χ2v) is 10.1. The normalized spacial score (nSPS) is 28.6. The zero-order valence-corrected chi connectivity index (χ0v) is 18.4. The lowest BCUT2D eigenvalue weighted by molar-refractivity contribution is 0.0141. The molecule has 2 aliphatic heterocycles. The molecule has 1 saturated heterocycles. The number of β-amino-alcohol motifs (C(OH)–C–C–N with tert-alkyl or cyclic N) is 1. The van der Waals surface area contributed by atoms with E-state index in [0.29, 0.717) is 24.2 Å². The van der Waals surface area contributed by atoms with Crippen molar-refractivity contribution >= 4 is 16.9 Å². The number of hydrogen-bond donors (Lipinski definition) is 2. The number of aromatic nitrogens is 3. The minimum Gasteiger partial charge on any atom is -0.395 e. The number of allylic oxidation sites excluding steroid dienone is 2. The standard InChI is InChI=1S/C22H27N5O3S/c1-26-6-5-16-17(11-26)31-22(23-16)21-24-20(25-30-21)14-4-2-3-13-15(14)9-12-10-18(29)27(7-8-28)19(12)13/h3,12,18-19,28-29H,2,4-11H2,1H3. The van der Waals surface area contributed by atoms with Crippen LogP contribution in [0.15, 0.2) is 21.7 Å². The van der Waals surface area contributed by atoms with Crippen LogP contribution in [0.5, 0.6) is 0 Å². The van der Waals surface area contributed by atoms with Gasteiger partial charge in [0.05, 0.1) is 12.3 Å². The number of likely N-dealkylation sites (N-methyl/N-ethyl adjacent to an activating group) is 1. The summed E-state index contributed by atoms with van der Waals surface area (Å²) in [7, 11) is 2.13. The highest BCUT2D eigenvalue weighted by Crippen LogP contribution is 2.51. The van der Waals surface area contributed by atoms with Gasteiger partial charge in [0, 0.05) is 42.5 Å². The van der Waals surface area contributed by atoms with Crippen molar-refractivity contribution in [1.82, 2.24) is 24.9 Å². The summed E-state index contributed by atoms with van der Waals surface area (Å²) in [6.45, 7) is 2.51. The summed E-state index contributed by atoms with van der Waals surface area (Å²) >= 11 is 1.66. The maximum absolute atomic E-state index is 10.4. The number of nitrogens with zero attached hydrogens (tertiary/aromatic N) is 5. The largest absolute Gasteiger partial charge is 0.395 e. The fourth-order valence-corrected chi connectivity index (χ4v) is 6.85. The van der Waals surface area contributed by atoms with Crippen molar-refractivity contribution in [2.45, 2.75) is 50.9 Å². The van der Waals surface area contributed by atoms with Crippen molar-refractivity contribution in [2.24, 2.45) is 5.92 Å². The van der Waals surface area contributed by atoms with Crippen molar-refractivity contribution < 1.29 is 14.7 Å². The van der Waals surface area contributed by atoms with E-state index < -0.39 is 6.23 Å². The molecule has 0 spiro atoms. The van der Waals surface area contributed by atoms with Crippen LogP contribution < -0.4 is 0 Å². The van der Waals surface area contributed by atoms with E-state index in [1.54, 1.807) is 11.3 Å². The Bertz CT molecular complexity index is 1070. The van der Waals surface area contributed by atoms with Crippen molar-refractivity contribution in [2.75, 3.05) is 26.7 Å². The topological polar surface area (TPSA) is 98.8 Å². The van der Waals surface area contributed by atoms with Gasteiger partial charge in [-0.15, -0.1) is 11.3 Å². The molecule has 3 unspecified atom stereocenters. The predicted octanol–water partition coefficient (Wildman–Crippen LogP) is 2.06. The van der Waals surface area contributed by atoms with Crippen LogP contribution in [0.25, 0.3) is 16.5 Å². The number of likely N-dealkylation sites (tertiary alicyclic amines) is 1. The van der Waals surface area contributed by atoms with Crippen LogP contribution in [0.3, 0.4) is 0 Å². The first-order valence-electron chi connectivity index (χ1n) is 11.1. The number of hydrogen-bond acceptors (Lipinski definition) is 9. The molecule has 9 heteroatoms. The minimum atomic E-state index is -0.471. The Labute approximate surface area is 184 Å². The van der Waals surface area contributed by atoms with Crippen LogP contribution in [0.1, 0.15) is 42.1 Å². The van der Waals surface area contributed by atoms with Crippen molar-refractivity contribution in [1.29, 1.82) is 0 Å². The lowest BCUT2D eigenvalue weighted by Gasteiger charge is -2.28. The van der Waals surface area contributed by atoms with Crippen molar-refractivity contribution in [3.05, 3.63) is 33.6 Å². The number of rotatable bonds is 4. The first kappa shape index (κ1) is 19.8. The molecule has 3 atom stereocenters. The van der Waals surface area contributed by atoms with Crippen LogP contribution in [-0.2, 0) is 13.0 Å². The molecule has 6 rings (SSSR count). The van der Waals surface area contributed by atoms with E-state index >= 15 is 0 Å². The summed E-state index contributed by atoms with van der Waals surface area (Å²) < 4.78 is 5.66. The Morgan fingerprint density at radius 2 is 2.16 bits per heavy atom. The summed E-state index contributed by atoms with van der Waals surface area (Å²) in [6, 6.07) is 0.182. The Kier molecular flexibility index (Phi) is 4.84. The van der Waals surface area contributed by atoms with Gasteiger partial charge in [0.1, 0.15) is 6.23 Å². The maximum Gasteiger partial charge on any atom is 0.287 e. The molecular formula is C22H27N5O3S. The summed E-state index contributed by atoms with van der Waals surface area (Å²) in [5, 5.41) is 25.1. The Hall–Kier alpha value is -1.91. The molecule has 2 aliphatic carbocycles. The summed E-state index contributed by atoms with van der Waals surface area (Å²) in [5.41, 5.74) is 4.93. The van der Waals surface area contributed by atoms with E-state index in [1.807, 2.05) is 4.90 Å². The van der Waals surface area contributed by atoms with Gasteiger partial charge in [0.25, 0.3) is 5.89 Å². The maximum atomic E-state index is 10.4. The van der Waals surface area contributed by atoms with E-state index in [1.165, 1.54) is 21.6 Å². The van der Waals surface area contributed by atoms with E-state index in [2.05, 4.69) is 23.2 Å².